The lowest BCUT2D eigenvalue weighted by Crippen LogP contribution is -2.25. The van der Waals surface area contributed by atoms with E-state index in [1.54, 1.807) is 6.07 Å². The summed E-state index contributed by atoms with van der Waals surface area (Å²) in [4.78, 5) is 0. The molecule has 0 fully saturated rings. The molecule has 0 spiro atoms. The van der Waals surface area contributed by atoms with E-state index in [-0.39, 0.29) is 33.8 Å². The van der Waals surface area contributed by atoms with Gasteiger partial charge < -0.3 is 4.74 Å². The van der Waals surface area contributed by atoms with Crippen molar-refractivity contribution in [1.82, 2.24) is 0 Å². The third-order valence-corrected chi connectivity index (χ3v) is 6.60. The maximum atomic E-state index is 14.9. The molecule has 0 unspecified atom stereocenters. The standard InChI is InChI=1S/C32H20ClF9O/c1-2-3-4-5-17-10-22(33)29(24(35)11-17)20-9-8-19(23(34)14-20)7-6-18-12-25(36)30(26(37)13-18)32(41,42)43-21-15-27(38)31(40)28(39)16-21/h8-16H,2-5H2,1H3. The van der Waals surface area contributed by atoms with E-state index in [0.717, 1.165) is 25.3 Å². The summed E-state index contributed by atoms with van der Waals surface area (Å²) in [5.41, 5.74) is -1.83. The quantitative estimate of drug-likeness (QED) is 0.0818. The number of unbranched alkanes of at least 4 members (excludes halogenated alkanes) is 2. The molecule has 11 heteroatoms. The molecule has 224 valence electrons. The van der Waals surface area contributed by atoms with Gasteiger partial charge in [0.2, 0.25) is 0 Å². The van der Waals surface area contributed by atoms with Crippen LogP contribution in [0.15, 0.2) is 54.6 Å². The molecule has 4 aromatic carbocycles. The summed E-state index contributed by atoms with van der Waals surface area (Å²) in [7, 11) is 0. The second-order valence-corrected chi connectivity index (χ2v) is 9.88. The average molecular weight is 627 g/mol. The third-order valence-electron chi connectivity index (χ3n) is 6.31. The molecule has 43 heavy (non-hydrogen) atoms. The summed E-state index contributed by atoms with van der Waals surface area (Å²) in [6.45, 7) is 2.04. The number of halogens is 10. The van der Waals surface area contributed by atoms with E-state index in [1.807, 2.05) is 6.92 Å². The molecule has 0 aliphatic carbocycles. The first-order valence-corrected chi connectivity index (χ1v) is 13.2. The Morgan fingerprint density at radius 3 is 1.95 bits per heavy atom. The second kappa shape index (κ2) is 13.0. The molecule has 0 bridgehead atoms. The minimum absolute atomic E-state index is 0.0201. The minimum Gasteiger partial charge on any atom is -0.429 e. The van der Waals surface area contributed by atoms with Gasteiger partial charge in [-0.3, -0.25) is 0 Å². The van der Waals surface area contributed by atoms with Crippen LogP contribution in [-0.2, 0) is 12.5 Å². The van der Waals surface area contributed by atoms with Crippen LogP contribution in [0.5, 0.6) is 5.75 Å². The van der Waals surface area contributed by atoms with Crippen molar-refractivity contribution in [2.45, 2.75) is 38.7 Å². The molecule has 0 aliphatic rings. The Kier molecular flexibility index (Phi) is 9.65. The highest BCUT2D eigenvalue weighted by atomic mass is 35.5. The Labute approximate surface area is 245 Å². The van der Waals surface area contributed by atoms with Crippen LogP contribution in [0.3, 0.4) is 0 Å². The van der Waals surface area contributed by atoms with Gasteiger partial charge in [0.1, 0.15) is 34.6 Å². The topological polar surface area (TPSA) is 9.23 Å². The molecule has 0 saturated heterocycles. The van der Waals surface area contributed by atoms with Gasteiger partial charge in [-0.15, -0.1) is 0 Å². The van der Waals surface area contributed by atoms with Crippen LogP contribution in [0.2, 0.25) is 5.02 Å². The van der Waals surface area contributed by atoms with Crippen molar-refractivity contribution < 1.29 is 44.3 Å². The van der Waals surface area contributed by atoms with Crippen LogP contribution in [0, 0.1) is 52.6 Å². The highest BCUT2D eigenvalue weighted by molar-refractivity contribution is 6.33. The molecule has 0 saturated carbocycles. The minimum atomic E-state index is -4.77. The van der Waals surface area contributed by atoms with Crippen molar-refractivity contribution >= 4 is 11.6 Å². The highest BCUT2D eigenvalue weighted by Gasteiger charge is 2.41. The molecule has 0 aromatic heterocycles. The molecule has 4 rings (SSSR count). The first-order chi connectivity index (χ1) is 20.3. The molecular weight excluding hydrogens is 607 g/mol. The van der Waals surface area contributed by atoms with Crippen LogP contribution in [0.1, 0.15) is 48.4 Å². The van der Waals surface area contributed by atoms with Crippen molar-refractivity contribution in [1.29, 1.82) is 0 Å². The Morgan fingerprint density at radius 2 is 1.37 bits per heavy atom. The Balaban J connectivity index is 1.57. The fourth-order valence-corrected chi connectivity index (χ4v) is 4.59. The summed E-state index contributed by atoms with van der Waals surface area (Å²) in [6.07, 6.45) is -1.31. The Hall–Kier alpha value is -4.10. The number of benzene rings is 4. The maximum Gasteiger partial charge on any atom is 0.432 e. The molecule has 0 amide bonds. The van der Waals surface area contributed by atoms with Crippen molar-refractivity contribution in [2.24, 2.45) is 0 Å². The number of hydrogen-bond acceptors (Lipinski definition) is 1. The van der Waals surface area contributed by atoms with Crippen LogP contribution in [-0.4, -0.2) is 0 Å². The van der Waals surface area contributed by atoms with Crippen molar-refractivity contribution in [3.63, 3.8) is 0 Å². The smallest absolute Gasteiger partial charge is 0.429 e. The largest absolute Gasteiger partial charge is 0.432 e. The SMILES string of the molecule is CCCCCc1cc(F)c(-c2ccc(C#Cc3cc(F)c(C(F)(F)Oc4cc(F)c(F)c(F)c4)c(F)c3)c(F)c2)c(Cl)c1. The van der Waals surface area contributed by atoms with Gasteiger partial charge in [0, 0.05) is 23.3 Å². The summed E-state index contributed by atoms with van der Waals surface area (Å²) in [5.74, 6) is -7.56. The third kappa shape index (κ3) is 7.28. The zero-order valence-corrected chi connectivity index (χ0v) is 23.0. The number of rotatable bonds is 8. The Morgan fingerprint density at radius 1 is 0.721 bits per heavy atom. The molecule has 0 N–H and O–H groups in total. The van der Waals surface area contributed by atoms with Gasteiger partial charge in [0.15, 0.2) is 17.5 Å². The molecule has 0 heterocycles. The zero-order valence-electron chi connectivity index (χ0n) is 22.2. The summed E-state index contributed by atoms with van der Waals surface area (Å²) in [6, 6.07) is 7.44. The van der Waals surface area contributed by atoms with Crippen molar-refractivity contribution in [3.8, 4) is 28.7 Å². The van der Waals surface area contributed by atoms with Gasteiger partial charge in [0.25, 0.3) is 0 Å². The Bertz CT molecular complexity index is 1670. The molecule has 1 nitrogen and oxygen atoms in total. The second-order valence-electron chi connectivity index (χ2n) is 9.47. The summed E-state index contributed by atoms with van der Waals surface area (Å²) < 4.78 is 132. The lowest BCUT2D eigenvalue weighted by Gasteiger charge is -2.19. The maximum absolute atomic E-state index is 14.9. The van der Waals surface area contributed by atoms with Crippen LogP contribution >= 0.6 is 11.6 Å². The molecule has 0 radical (unpaired) electrons. The first kappa shape index (κ1) is 31.8. The van der Waals surface area contributed by atoms with Gasteiger partial charge in [-0.2, -0.15) is 8.78 Å². The van der Waals surface area contributed by atoms with Gasteiger partial charge in [-0.1, -0.05) is 49.3 Å². The fourth-order valence-electron chi connectivity index (χ4n) is 4.25. The predicted octanol–water partition coefficient (Wildman–Crippen LogP) is 10.2. The van der Waals surface area contributed by atoms with E-state index in [9.17, 15) is 39.5 Å². The average Bonchev–Trinajstić information content (AvgIpc) is 2.90. The zero-order chi connectivity index (χ0) is 31.5. The number of alkyl halides is 2. The number of aryl methyl sites for hydroxylation is 1. The molecule has 0 aliphatic heterocycles. The monoisotopic (exact) mass is 626 g/mol. The van der Waals surface area contributed by atoms with E-state index < -0.39 is 63.7 Å². The van der Waals surface area contributed by atoms with Crippen LogP contribution < -0.4 is 4.74 Å². The lowest BCUT2D eigenvalue weighted by atomic mass is 9.99. The molecular formula is C32H20ClF9O. The first-order valence-electron chi connectivity index (χ1n) is 12.8. The van der Waals surface area contributed by atoms with Gasteiger partial charge >= 0.3 is 6.11 Å². The van der Waals surface area contributed by atoms with Crippen LogP contribution in [0.4, 0.5) is 39.5 Å². The highest BCUT2D eigenvalue weighted by Crippen LogP contribution is 2.37. The van der Waals surface area contributed by atoms with Gasteiger partial charge in [-0.05, 0) is 60.4 Å². The van der Waals surface area contributed by atoms with E-state index in [4.69, 9.17) is 11.6 Å². The fraction of sp³-hybridized carbons (Fsp3) is 0.188. The normalized spacial score (nSPS) is 11.3. The number of ether oxygens (including phenoxy) is 1. The molecule has 4 aromatic rings. The summed E-state index contributed by atoms with van der Waals surface area (Å²) in [5, 5.41) is 0.0891. The van der Waals surface area contributed by atoms with E-state index in [2.05, 4.69) is 16.6 Å². The predicted molar refractivity (Wildman–Crippen MR) is 143 cm³/mol. The number of hydrogen-bond donors (Lipinski definition) is 0. The molecule has 0 atom stereocenters. The van der Waals surface area contributed by atoms with E-state index >= 15 is 0 Å². The van der Waals surface area contributed by atoms with E-state index in [1.165, 1.54) is 18.2 Å². The van der Waals surface area contributed by atoms with Crippen molar-refractivity contribution in [2.75, 3.05) is 0 Å². The summed E-state index contributed by atoms with van der Waals surface area (Å²) >= 11 is 6.28. The van der Waals surface area contributed by atoms with Gasteiger partial charge in [0.05, 0.1) is 10.6 Å². The van der Waals surface area contributed by atoms with Gasteiger partial charge in [-0.25, -0.2) is 30.7 Å². The van der Waals surface area contributed by atoms with Crippen molar-refractivity contribution in [3.05, 3.63) is 123 Å². The van der Waals surface area contributed by atoms with E-state index in [0.29, 0.717) is 24.1 Å². The van der Waals surface area contributed by atoms with Crippen LogP contribution in [0.25, 0.3) is 11.1 Å². The lowest BCUT2D eigenvalue weighted by molar-refractivity contribution is -0.189.